The summed E-state index contributed by atoms with van der Waals surface area (Å²) < 4.78 is 69.0. The molecule has 0 saturated heterocycles. The molecule has 0 aliphatic heterocycles. The highest BCUT2D eigenvalue weighted by Gasteiger charge is 2.31. The molecule has 0 amide bonds. The molecule has 0 heterocycles. The number of carbonyl (C=O) groups excluding carboxylic acids is 4. The number of aliphatic hydroxyl groups excluding tert-OH is 1. The summed E-state index contributed by atoms with van der Waals surface area (Å²) in [6.07, 6.45) is 69.7. The van der Waals surface area contributed by atoms with Crippen molar-refractivity contribution >= 4 is 39.5 Å². The summed E-state index contributed by atoms with van der Waals surface area (Å²) in [7, 11) is -9.93. The van der Waals surface area contributed by atoms with Gasteiger partial charge in [-0.05, 0) is 49.4 Å². The lowest BCUT2D eigenvalue weighted by molar-refractivity contribution is -0.161. The highest BCUT2D eigenvalue weighted by Crippen LogP contribution is 2.45. The maximum Gasteiger partial charge on any atom is 0.472 e. The van der Waals surface area contributed by atoms with Crippen molar-refractivity contribution in [3.63, 3.8) is 0 Å². The van der Waals surface area contributed by atoms with Crippen LogP contribution >= 0.6 is 15.6 Å². The topological polar surface area (TPSA) is 237 Å². The van der Waals surface area contributed by atoms with Crippen molar-refractivity contribution in [2.45, 2.75) is 491 Å². The maximum absolute atomic E-state index is 13.2. The second kappa shape index (κ2) is 78.6. The SMILES string of the molecule is CC(C)CCCCCCCCCCCCCCCCCCCCC(=O)O[C@H](COC(=O)CCCCCCCCCCCCCCCCCC(C)C)COP(=O)(O)OCC(O)COP(=O)(O)OC[C@@H](COC(=O)CCCCCCCCC(C)C)OC(=O)CCCCCCCCCCCCCCCCCCCCC(C)C. The number of phosphoric acid groups is 2. The monoisotopic (exact) mass is 1590 g/mol. The third-order valence-electron chi connectivity index (χ3n) is 21.1. The first kappa shape index (κ1) is 107. The molecule has 19 heteroatoms. The molecule has 0 saturated carbocycles. The molecule has 0 aliphatic rings. The first-order chi connectivity index (χ1) is 52.6. The number of esters is 4. The number of ether oxygens (including phenoxy) is 4. The number of hydrogen-bond acceptors (Lipinski definition) is 15. The fourth-order valence-electron chi connectivity index (χ4n) is 14.0. The predicted molar refractivity (Wildman–Crippen MR) is 451 cm³/mol. The summed E-state index contributed by atoms with van der Waals surface area (Å²) >= 11 is 0. The normalized spacial score (nSPS) is 13.9. The summed E-state index contributed by atoms with van der Waals surface area (Å²) in [6.45, 7) is 14.3. The predicted octanol–water partition coefficient (Wildman–Crippen LogP) is 27.5. The average Bonchev–Trinajstić information content (AvgIpc) is 0.900. The smallest absolute Gasteiger partial charge is 0.462 e. The minimum absolute atomic E-state index is 0.107. The molecular weight excluding hydrogens is 1410 g/mol. The van der Waals surface area contributed by atoms with Crippen LogP contribution in [0, 0.1) is 23.7 Å². The Balaban J connectivity index is 5.19. The molecule has 0 aromatic heterocycles. The molecule has 0 spiro atoms. The molecular formula is C90H176O17P2. The number of rotatable bonds is 87. The molecule has 0 bridgehead atoms. The van der Waals surface area contributed by atoms with E-state index in [9.17, 15) is 43.2 Å². The van der Waals surface area contributed by atoms with Crippen molar-refractivity contribution in [3.05, 3.63) is 0 Å². The van der Waals surface area contributed by atoms with Gasteiger partial charge < -0.3 is 33.8 Å². The standard InChI is InChI=1S/C90H176O17P2/c1-80(2)66-58-50-42-36-30-24-18-13-9-11-15-21-28-34-40-46-56-64-72-89(94)106-85(76-100-87(92)70-62-54-45-39-33-27-23-17-20-26-32-38-44-52-60-68-82(5)6)78-104-108(96,97)102-74-84(91)75-103-109(98,99)105-79-86(77-101-88(93)71-63-55-49-48-53-61-69-83(7)8)107-90(95)73-65-57-47-41-35-29-22-16-12-10-14-19-25-31-37-43-51-59-67-81(3)4/h80-86,91H,9-79H2,1-8H3,(H,96,97)(H,98,99)/t84?,85-,86-/m1/s1. The Morgan fingerprint density at radius 3 is 0.569 bits per heavy atom. The number of unbranched alkanes of at least 4 members (excludes halogenated alkanes) is 53. The van der Waals surface area contributed by atoms with Gasteiger partial charge in [0.15, 0.2) is 12.2 Å². The summed E-state index contributed by atoms with van der Waals surface area (Å²) in [5.74, 6) is 1.02. The van der Waals surface area contributed by atoms with Crippen LogP contribution in [-0.2, 0) is 65.4 Å². The number of aliphatic hydroxyl groups is 1. The Kier molecular flexibility index (Phi) is 77.2. The molecule has 0 radical (unpaired) electrons. The average molecular weight is 1590 g/mol. The van der Waals surface area contributed by atoms with Crippen LogP contribution in [0.25, 0.3) is 0 Å². The fourth-order valence-corrected chi connectivity index (χ4v) is 15.6. The van der Waals surface area contributed by atoms with Gasteiger partial charge in [0.2, 0.25) is 0 Å². The second-order valence-corrected chi connectivity index (χ2v) is 37.2. The minimum Gasteiger partial charge on any atom is -0.462 e. The molecule has 0 fully saturated rings. The summed E-state index contributed by atoms with van der Waals surface area (Å²) in [6, 6.07) is 0. The molecule has 3 N–H and O–H groups in total. The highest BCUT2D eigenvalue weighted by molar-refractivity contribution is 7.47. The van der Waals surface area contributed by atoms with Crippen LogP contribution in [0.4, 0.5) is 0 Å². The van der Waals surface area contributed by atoms with Crippen molar-refractivity contribution in [3.8, 4) is 0 Å². The van der Waals surface area contributed by atoms with E-state index in [0.717, 1.165) is 114 Å². The van der Waals surface area contributed by atoms with Crippen LogP contribution in [0.3, 0.4) is 0 Å². The van der Waals surface area contributed by atoms with Crippen molar-refractivity contribution < 1.29 is 80.2 Å². The summed E-state index contributed by atoms with van der Waals surface area (Å²) in [4.78, 5) is 73.3. The van der Waals surface area contributed by atoms with Crippen molar-refractivity contribution in [2.75, 3.05) is 39.6 Å². The zero-order valence-electron chi connectivity index (χ0n) is 72.2. The van der Waals surface area contributed by atoms with Gasteiger partial charge in [-0.25, -0.2) is 9.13 Å². The van der Waals surface area contributed by atoms with E-state index in [1.807, 2.05) is 0 Å². The molecule has 0 rings (SSSR count). The van der Waals surface area contributed by atoms with Crippen LogP contribution in [0.2, 0.25) is 0 Å². The lowest BCUT2D eigenvalue weighted by atomic mass is 10.0. The fraction of sp³-hybridized carbons (Fsp3) is 0.956. The van der Waals surface area contributed by atoms with Crippen LogP contribution in [0.1, 0.15) is 473 Å². The van der Waals surface area contributed by atoms with E-state index in [4.69, 9.17) is 37.0 Å². The van der Waals surface area contributed by atoms with Crippen LogP contribution in [0.5, 0.6) is 0 Å². The summed E-state index contributed by atoms with van der Waals surface area (Å²) in [5.41, 5.74) is 0. The Labute approximate surface area is 670 Å². The lowest BCUT2D eigenvalue weighted by Gasteiger charge is -2.21. The van der Waals surface area contributed by atoms with E-state index in [1.54, 1.807) is 0 Å². The van der Waals surface area contributed by atoms with Gasteiger partial charge in [-0.15, -0.1) is 0 Å². The van der Waals surface area contributed by atoms with E-state index in [-0.39, 0.29) is 25.7 Å². The third-order valence-corrected chi connectivity index (χ3v) is 23.0. The van der Waals surface area contributed by atoms with Crippen LogP contribution in [-0.4, -0.2) is 96.7 Å². The molecule has 3 unspecified atom stereocenters. The Morgan fingerprint density at radius 2 is 0.385 bits per heavy atom. The van der Waals surface area contributed by atoms with Gasteiger partial charge in [-0.2, -0.15) is 0 Å². The van der Waals surface area contributed by atoms with E-state index in [2.05, 4.69) is 55.4 Å². The van der Waals surface area contributed by atoms with E-state index >= 15 is 0 Å². The van der Waals surface area contributed by atoms with Gasteiger partial charge in [0.05, 0.1) is 26.4 Å². The van der Waals surface area contributed by atoms with Gasteiger partial charge in [0.25, 0.3) is 0 Å². The Morgan fingerprint density at radius 1 is 0.229 bits per heavy atom. The number of carbonyl (C=O) groups is 4. The van der Waals surface area contributed by atoms with Crippen molar-refractivity contribution in [1.82, 2.24) is 0 Å². The number of phosphoric ester groups is 2. The van der Waals surface area contributed by atoms with Gasteiger partial charge >= 0.3 is 39.5 Å². The molecule has 0 aromatic rings. The van der Waals surface area contributed by atoms with E-state index < -0.39 is 97.5 Å². The molecule has 0 aliphatic carbocycles. The van der Waals surface area contributed by atoms with Crippen molar-refractivity contribution in [2.24, 2.45) is 23.7 Å². The molecule has 17 nitrogen and oxygen atoms in total. The quantitative estimate of drug-likeness (QED) is 0.0222. The van der Waals surface area contributed by atoms with Crippen LogP contribution < -0.4 is 0 Å². The molecule has 648 valence electrons. The third kappa shape index (κ3) is 83.8. The van der Waals surface area contributed by atoms with Gasteiger partial charge in [0.1, 0.15) is 19.3 Å². The van der Waals surface area contributed by atoms with Gasteiger partial charge in [-0.1, -0.05) is 421 Å². The molecule has 5 atom stereocenters. The number of hydrogen-bond donors (Lipinski definition) is 3. The second-order valence-electron chi connectivity index (χ2n) is 34.2. The lowest BCUT2D eigenvalue weighted by Crippen LogP contribution is -2.30. The molecule has 0 aromatic carbocycles. The Bertz CT molecular complexity index is 2110. The Hall–Kier alpha value is -1.94. The van der Waals surface area contributed by atoms with Gasteiger partial charge in [0, 0.05) is 25.7 Å². The van der Waals surface area contributed by atoms with Gasteiger partial charge in [-0.3, -0.25) is 37.3 Å². The zero-order chi connectivity index (χ0) is 80.2. The first-order valence-electron chi connectivity index (χ1n) is 46.2. The van der Waals surface area contributed by atoms with Crippen LogP contribution in [0.15, 0.2) is 0 Å². The first-order valence-corrected chi connectivity index (χ1v) is 49.2. The highest BCUT2D eigenvalue weighted by atomic mass is 31.2. The van der Waals surface area contributed by atoms with Crippen molar-refractivity contribution in [1.29, 1.82) is 0 Å². The zero-order valence-corrected chi connectivity index (χ0v) is 74.0. The van der Waals surface area contributed by atoms with E-state index in [1.165, 1.54) is 270 Å². The largest absolute Gasteiger partial charge is 0.472 e. The maximum atomic E-state index is 13.2. The van der Waals surface area contributed by atoms with E-state index in [0.29, 0.717) is 31.6 Å². The summed E-state index contributed by atoms with van der Waals surface area (Å²) in [5, 5.41) is 10.7. The molecule has 109 heavy (non-hydrogen) atoms. The minimum atomic E-state index is -4.97.